The van der Waals surface area contributed by atoms with E-state index in [1.54, 1.807) is 16.7 Å². The molecule has 19 heavy (non-hydrogen) atoms. The first-order chi connectivity index (χ1) is 9.06. The molecule has 1 fully saturated rings. The van der Waals surface area contributed by atoms with Crippen LogP contribution in [0.2, 0.25) is 0 Å². The average molecular weight is 277 g/mol. The van der Waals surface area contributed by atoms with Crippen molar-refractivity contribution in [3.8, 4) is 0 Å². The van der Waals surface area contributed by atoms with E-state index in [9.17, 15) is 9.59 Å². The Balaban J connectivity index is 1.88. The summed E-state index contributed by atoms with van der Waals surface area (Å²) < 4.78 is 0. The molecule has 3 nitrogen and oxygen atoms in total. The molecule has 0 bridgehead atoms. The van der Waals surface area contributed by atoms with Crippen molar-refractivity contribution in [3.63, 3.8) is 0 Å². The number of benzene rings is 1. The molecule has 102 valence electrons. The van der Waals surface area contributed by atoms with Crippen LogP contribution < -0.4 is 0 Å². The van der Waals surface area contributed by atoms with Gasteiger partial charge in [0, 0.05) is 30.8 Å². The summed E-state index contributed by atoms with van der Waals surface area (Å²) in [6.07, 6.45) is 1.03. The van der Waals surface area contributed by atoms with Crippen LogP contribution in [0.5, 0.6) is 0 Å². The van der Waals surface area contributed by atoms with Crippen molar-refractivity contribution in [2.75, 3.05) is 18.8 Å². The molecule has 0 radical (unpaired) electrons. The van der Waals surface area contributed by atoms with Crippen LogP contribution in [0, 0.1) is 13.8 Å². The highest BCUT2D eigenvalue weighted by Crippen LogP contribution is 2.23. The lowest BCUT2D eigenvalue weighted by Crippen LogP contribution is -2.39. The highest BCUT2D eigenvalue weighted by molar-refractivity contribution is 8.00. The summed E-state index contributed by atoms with van der Waals surface area (Å²) in [6, 6.07) is 6.27. The van der Waals surface area contributed by atoms with Gasteiger partial charge in [-0.05, 0) is 25.5 Å². The molecule has 2 rings (SSSR count). The second-order valence-corrected chi connectivity index (χ2v) is 5.99. The Morgan fingerprint density at radius 3 is 2.58 bits per heavy atom. The molecule has 0 unspecified atom stereocenters. The fraction of sp³-hybridized carbons (Fsp3) is 0.467. The Morgan fingerprint density at radius 1 is 1.26 bits per heavy atom. The molecule has 0 N–H and O–H groups in total. The molecule has 1 heterocycles. The summed E-state index contributed by atoms with van der Waals surface area (Å²) >= 11 is 1.58. The predicted octanol–water partition coefficient (Wildman–Crippen LogP) is 2.59. The van der Waals surface area contributed by atoms with E-state index in [0.29, 0.717) is 31.7 Å². The number of ketones is 1. The van der Waals surface area contributed by atoms with Crippen LogP contribution in [0.15, 0.2) is 23.1 Å². The van der Waals surface area contributed by atoms with Gasteiger partial charge in [-0.25, -0.2) is 0 Å². The Labute approximate surface area is 118 Å². The number of carbonyl (C=O) groups is 2. The Bertz CT molecular complexity index is 489. The van der Waals surface area contributed by atoms with Gasteiger partial charge in [-0.2, -0.15) is 0 Å². The third-order valence-corrected chi connectivity index (χ3v) is 4.52. The van der Waals surface area contributed by atoms with Crippen LogP contribution in [0.1, 0.15) is 24.0 Å². The van der Waals surface area contributed by atoms with E-state index >= 15 is 0 Å². The van der Waals surface area contributed by atoms with Gasteiger partial charge in [-0.1, -0.05) is 17.7 Å². The number of carbonyl (C=O) groups excluding carboxylic acids is 2. The standard InChI is InChI=1S/C15H19NO2S/c1-11-3-4-14(12(2)9-11)19-10-15(18)16-7-5-13(17)6-8-16/h3-4,9H,5-8,10H2,1-2H3. The summed E-state index contributed by atoms with van der Waals surface area (Å²) in [6.45, 7) is 5.31. The van der Waals surface area contributed by atoms with Crippen molar-refractivity contribution in [2.45, 2.75) is 31.6 Å². The highest BCUT2D eigenvalue weighted by Gasteiger charge is 2.20. The van der Waals surface area contributed by atoms with Gasteiger partial charge in [0.05, 0.1) is 5.75 Å². The molecule has 1 aliphatic rings. The lowest BCUT2D eigenvalue weighted by Gasteiger charge is -2.26. The van der Waals surface area contributed by atoms with E-state index in [1.165, 1.54) is 11.1 Å². The number of amides is 1. The zero-order valence-electron chi connectivity index (χ0n) is 11.4. The van der Waals surface area contributed by atoms with Gasteiger partial charge in [0.1, 0.15) is 5.78 Å². The van der Waals surface area contributed by atoms with Crippen LogP contribution in [-0.4, -0.2) is 35.4 Å². The molecule has 0 atom stereocenters. The molecule has 1 amide bonds. The normalized spacial score (nSPS) is 15.7. The number of thioether (sulfide) groups is 1. The SMILES string of the molecule is Cc1ccc(SCC(=O)N2CCC(=O)CC2)c(C)c1. The van der Waals surface area contributed by atoms with Crippen molar-refractivity contribution in [3.05, 3.63) is 29.3 Å². The van der Waals surface area contributed by atoms with Crippen LogP contribution in [0.3, 0.4) is 0 Å². The van der Waals surface area contributed by atoms with Crippen molar-refractivity contribution in [1.29, 1.82) is 0 Å². The maximum Gasteiger partial charge on any atom is 0.232 e. The molecule has 0 saturated carbocycles. The molecule has 0 spiro atoms. The van der Waals surface area contributed by atoms with Crippen molar-refractivity contribution in [1.82, 2.24) is 4.90 Å². The minimum Gasteiger partial charge on any atom is -0.341 e. The van der Waals surface area contributed by atoms with E-state index in [2.05, 4.69) is 32.0 Å². The second kappa shape index (κ2) is 6.24. The monoisotopic (exact) mass is 277 g/mol. The average Bonchev–Trinajstić information content (AvgIpc) is 2.38. The van der Waals surface area contributed by atoms with E-state index in [0.717, 1.165) is 4.90 Å². The van der Waals surface area contributed by atoms with Crippen LogP contribution in [-0.2, 0) is 9.59 Å². The first kappa shape index (κ1) is 14.1. The lowest BCUT2D eigenvalue weighted by molar-refractivity contribution is -0.132. The number of hydrogen-bond donors (Lipinski definition) is 0. The molecular weight excluding hydrogens is 258 g/mol. The number of hydrogen-bond acceptors (Lipinski definition) is 3. The van der Waals surface area contributed by atoms with Gasteiger partial charge in [0.25, 0.3) is 0 Å². The van der Waals surface area contributed by atoms with Gasteiger partial charge in [0.15, 0.2) is 0 Å². The molecule has 0 aliphatic carbocycles. The van der Waals surface area contributed by atoms with Crippen LogP contribution in [0.25, 0.3) is 0 Å². The molecule has 1 saturated heterocycles. The quantitative estimate of drug-likeness (QED) is 0.797. The minimum atomic E-state index is 0.137. The topological polar surface area (TPSA) is 37.4 Å². The molecule has 1 aromatic carbocycles. The van der Waals surface area contributed by atoms with Crippen molar-refractivity contribution >= 4 is 23.5 Å². The molecule has 4 heteroatoms. The summed E-state index contributed by atoms with van der Waals surface area (Å²) in [5.74, 6) is 0.863. The molecule has 1 aliphatic heterocycles. The highest BCUT2D eigenvalue weighted by atomic mass is 32.2. The van der Waals surface area contributed by atoms with Crippen LogP contribution >= 0.6 is 11.8 Å². The van der Waals surface area contributed by atoms with Gasteiger partial charge in [-0.15, -0.1) is 11.8 Å². The van der Waals surface area contributed by atoms with Crippen molar-refractivity contribution < 1.29 is 9.59 Å². The summed E-state index contributed by atoms with van der Waals surface area (Å²) in [4.78, 5) is 26.2. The number of nitrogens with zero attached hydrogens (tertiary/aromatic N) is 1. The smallest absolute Gasteiger partial charge is 0.232 e. The molecular formula is C15H19NO2S. The van der Waals surface area contributed by atoms with Gasteiger partial charge in [-0.3, -0.25) is 9.59 Å². The molecule has 1 aromatic rings. The van der Waals surface area contributed by atoms with E-state index < -0.39 is 0 Å². The largest absolute Gasteiger partial charge is 0.341 e. The maximum atomic E-state index is 12.1. The Morgan fingerprint density at radius 2 is 1.95 bits per heavy atom. The number of likely N-dealkylation sites (tertiary alicyclic amines) is 1. The summed E-state index contributed by atoms with van der Waals surface area (Å²) in [7, 11) is 0. The van der Waals surface area contributed by atoms with Crippen molar-refractivity contribution in [2.24, 2.45) is 0 Å². The first-order valence-corrected chi connectivity index (χ1v) is 7.54. The van der Waals surface area contributed by atoms with Crippen LogP contribution in [0.4, 0.5) is 0 Å². The number of aryl methyl sites for hydroxylation is 2. The zero-order valence-corrected chi connectivity index (χ0v) is 12.3. The number of piperidine rings is 1. The van der Waals surface area contributed by atoms with Gasteiger partial charge in [0.2, 0.25) is 5.91 Å². The van der Waals surface area contributed by atoms with Gasteiger partial charge < -0.3 is 4.90 Å². The molecule has 0 aromatic heterocycles. The first-order valence-electron chi connectivity index (χ1n) is 6.56. The van der Waals surface area contributed by atoms with E-state index in [1.807, 2.05) is 0 Å². The summed E-state index contributed by atoms with van der Waals surface area (Å²) in [5, 5.41) is 0. The number of rotatable bonds is 3. The number of Topliss-reactive ketones (excluding diaryl/α,β-unsaturated/α-hetero) is 1. The zero-order chi connectivity index (χ0) is 13.8. The summed E-state index contributed by atoms with van der Waals surface area (Å²) in [5.41, 5.74) is 2.45. The third kappa shape index (κ3) is 3.83. The fourth-order valence-electron chi connectivity index (χ4n) is 2.20. The third-order valence-electron chi connectivity index (χ3n) is 3.36. The maximum absolute atomic E-state index is 12.1. The Kier molecular flexibility index (Phi) is 4.64. The van der Waals surface area contributed by atoms with E-state index in [-0.39, 0.29) is 11.7 Å². The lowest BCUT2D eigenvalue weighted by atomic mass is 10.1. The second-order valence-electron chi connectivity index (χ2n) is 4.98. The fourth-order valence-corrected chi connectivity index (χ4v) is 3.11. The Hall–Kier alpha value is -1.29. The predicted molar refractivity (Wildman–Crippen MR) is 77.5 cm³/mol. The van der Waals surface area contributed by atoms with E-state index in [4.69, 9.17) is 0 Å². The van der Waals surface area contributed by atoms with Gasteiger partial charge >= 0.3 is 0 Å². The minimum absolute atomic E-state index is 0.137.